The van der Waals surface area contributed by atoms with Crippen LogP contribution in [0.3, 0.4) is 0 Å². The zero-order valence-electron chi connectivity index (χ0n) is 11.9. The van der Waals surface area contributed by atoms with Gasteiger partial charge >= 0.3 is 0 Å². The van der Waals surface area contributed by atoms with Gasteiger partial charge in [-0.3, -0.25) is 0 Å². The van der Waals surface area contributed by atoms with Crippen LogP contribution in [-0.2, 0) is 11.2 Å². The number of hydrogen-bond acceptors (Lipinski definition) is 2. The zero-order chi connectivity index (χ0) is 13.7. The molecule has 0 amide bonds. The molecule has 106 valence electrons. The third kappa shape index (κ3) is 3.59. The smallest absolute Gasteiger partial charge is 0.0837 e. The van der Waals surface area contributed by atoms with Gasteiger partial charge in [0.25, 0.3) is 0 Å². The van der Waals surface area contributed by atoms with E-state index >= 15 is 0 Å². The second-order valence-corrected chi connectivity index (χ2v) is 6.29. The van der Waals surface area contributed by atoms with Crippen LogP contribution < -0.4 is 5.32 Å². The normalized spacial score (nSPS) is 19.5. The fraction of sp³-hybridized carbons (Fsp3) is 0.625. The van der Waals surface area contributed by atoms with Gasteiger partial charge in [-0.1, -0.05) is 40.9 Å². The molecule has 1 aliphatic rings. The van der Waals surface area contributed by atoms with Crippen LogP contribution in [0.25, 0.3) is 0 Å². The Balaban J connectivity index is 2.11. The van der Waals surface area contributed by atoms with Gasteiger partial charge in [0.2, 0.25) is 0 Å². The van der Waals surface area contributed by atoms with Crippen LogP contribution in [-0.4, -0.2) is 25.3 Å². The minimum absolute atomic E-state index is 0.0383. The molecule has 19 heavy (non-hydrogen) atoms. The van der Waals surface area contributed by atoms with E-state index in [2.05, 4.69) is 59.5 Å². The predicted octanol–water partition coefficient (Wildman–Crippen LogP) is 3.93. The van der Waals surface area contributed by atoms with Crippen molar-refractivity contribution in [3.63, 3.8) is 0 Å². The molecule has 1 unspecified atom stereocenters. The zero-order valence-corrected chi connectivity index (χ0v) is 13.5. The standard InChI is InChI=1S/C16H24BrNO/c1-3-19-16(10-4-5-11-16)15(18-2)12-13-6-8-14(17)9-7-13/h6-9,15,18H,3-5,10-12H2,1-2H3. The van der Waals surface area contributed by atoms with Crippen molar-refractivity contribution in [2.75, 3.05) is 13.7 Å². The molecule has 0 aliphatic heterocycles. The molecule has 1 aromatic carbocycles. The van der Waals surface area contributed by atoms with Crippen molar-refractivity contribution in [2.24, 2.45) is 0 Å². The highest BCUT2D eigenvalue weighted by Crippen LogP contribution is 2.37. The fourth-order valence-corrected chi connectivity index (χ4v) is 3.53. The second-order valence-electron chi connectivity index (χ2n) is 5.38. The quantitative estimate of drug-likeness (QED) is 0.855. The SMILES string of the molecule is CCOC1(C(Cc2ccc(Br)cc2)NC)CCCC1. The lowest BCUT2D eigenvalue weighted by Crippen LogP contribution is -2.51. The minimum Gasteiger partial charge on any atom is -0.374 e. The average molecular weight is 326 g/mol. The first-order valence-electron chi connectivity index (χ1n) is 7.26. The molecule has 1 saturated carbocycles. The molecule has 0 aromatic heterocycles. The molecule has 1 aliphatic carbocycles. The van der Waals surface area contributed by atoms with Crippen molar-refractivity contribution in [1.29, 1.82) is 0 Å². The summed E-state index contributed by atoms with van der Waals surface area (Å²) in [5.41, 5.74) is 1.41. The van der Waals surface area contributed by atoms with E-state index in [1.165, 1.54) is 31.2 Å². The summed E-state index contributed by atoms with van der Waals surface area (Å²) in [4.78, 5) is 0. The van der Waals surface area contributed by atoms with E-state index < -0.39 is 0 Å². The molecule has 1 aromatic rings. The first-order chi connectivity index (χ1) is 9.20. The Kier molecular flexibility index (Phi) is 5.43. The summed E-state index contributed by atoms with van der Waals surface area (Å²) in [6.07, 6.45) is 5.98. The predicted molar refractivity (Wildman–Crippen MR) is 83.5 cm³/mol. The number of benzene rings is 1. The molecule has 0 saturated heterocycles. The van der Waals surface area contributed by atoms with Gasteiger partial charge in [0.1, 0.15) is 0 Å². The van der Waals surface area contributed by atoms with Crippen molar-refractivity contribution in [2.45, 2.75) is 50.7 Å². The monoisotopic (exact) mass is 325 g/mol. The Morgan fingerprint density at radius 3 is 2.42 bits per heavy atom. The molecule has 0 radical (unpaired) electrons. The van der Waals surface area contributed by atoms with E-state index in [0.29, 0.717) is 6.04 Å². The minimum atomic E-state index is 0.0383. The maximum absolute atomic E-state index is 6.17. The molecule has 0 bridgehead atoms. The molecule has 0 spiro atoms. The van der Waals surface area contributed by atoms with E-state index in [4.69, 9.17) is 4.74 Å². The summed E-state index contributed by atoms with van der Waals surface area (Å²) in [5.74, 6) is 0. The Labute approximate surface area is 125 Å². The molecule has 1 N–H and O–H groups in total. The van der Waals surface area contributed by atoms with Gasteiger partial charge < -0.3 is 10.1 Å². The molecule has 1 atom stereocenters. The topological polar surface area (TPSA) is 21.3 Å². The van der Waals surface area contributed by atoms with Crippen LogP contribution in [0.4, 0.5) is 0 Å². The summed E-state index contributed by atoms with van der Waals surface area (Å²) in [6, 6.07) is 9.02. The molecule has 2 rings (SSSR count). The highest BCUT2D eigenvalue weighted by molar-refractivity contribution is 9.10. The lowest BCUT2D eigenvalue weighted by Gasteiger charge is -2.37. The van der Waals surface area contributed by atoms with E-state index in [9.17, 15) is 0 Å². The molecule has 2 nitrogen and oxygen atoms in total. The van der Waals surface area contributed by atoms with Gasteiger partial charge in [-0.15, -0.1) is 0 Å². The van der Waals surface area contributed by atoms with E-state index in [0.717, 1.165) is 17.5 Å². The molecule has 3 heteroatoms. The highest BCUT2D eigenvalue weighted by Gasteiger charge is 2.41. The first kappa shape index (κ1) is 15.0. The van der Waals surface area contributed by atoms with Crippen molar-refractivity contribution < 1.29 is 4.74 Å². The van der Waals surface area contributed by atoms with Crippen LogP contribution in [0.15, 0.2) is 28.7 Å². The summed E-state index contributed by atoms with van der Waals surface area (Å²) in [7, 11) is 2.06. The number of likely N-dealkylation sites (N-methyl/N-ethyl adjacent to an activating group) is 1. The van der Waals surface area contributed by atoms with Crippen molar-refractivity contribution in [3.05, 3.63) is 34.3 Å². The lowest BCUT2D eigenvalue weighted by atomic mass is 9.87. The van der Waals surface area contributed by atoms with Gasteiger partial charge in [-0.05, 0) is 50.9 Å². The van der Waals surface area contributed by atoms with E-state index in [1.54, 1.807) is 0 Å². The van der Waals surface area contributed by atoms with Crippen molar-refractivity contribution >= 4 is 15.9 Å². The molecule has 1 fully saturated rings. The number of nitrogens with one attached hydrogen (secondary N) is 1. The van der Waals surface area contributed by atoms with Crippen LogP contribution in [0.2, 0.25) is 0 Å². The maximum Gasteiger partial charge on any atom is 0.0837 e. The third-order valence-corrected chi connectivity index (χ3v) is 4.75. The summed E-state index contributed by atoms with van der Waals surface area (Å²) in [5, 5.41) is 3.50. The highest BCUT2D eigenvalue weighted by atomic mass is 79.9. The fourth-order valence-electron chi connectivity index (χ4n) is 3.26. The summed E-state index contributed by atoms with van der Waals surface area (Å²) >= 11 is 3.49. The number of ether oxygens (including phenoxy) is 1. The van der Waals surface area contributed by atoms with E-state index in [-0.39, 0.29) is 5.60 Å². The largest absolute Gasteiger partial charge is 0.374 e. The number of hydrogen-bond donors (Lipinski definition) is 1. The van der Waals surface area contributed by atoms with Gasteiger partial charge in [0.05, 0.1) is 5.60 Å². The molecular weight excluding hydrogens is 302 g/mol. The van der Waals surface area contributed by atoms with Crippen molar-refractivity contribution in [3.8, 4) is 0 Å². The lowest BCUT2D eigenvalue weighted by molar-refractivity contribution is -0.0597. The van der Waals surface area contributed by atoms with Gasteiger partial charge in [-0.2, -0.15) is 0 Å². The second kappa shape index (κ2) is 6.87. The molecule has 0 heterocycles. The average Bonchev–Trinajstić information content (AvgIpc) is 2.88. The van der Waals surface area contributed by atoms with Crippen LogP contribution >= 0.6 is 15.9 Å². The Bertz CT molecular complexity index is 384. The van der Waals surface area contributed by atoms with E-state index in [1.807, 2.05) is 0 Å². The van der Waals surface area contributed by atoms with Crippen LogP contribution in [0.5, 0.6) is 0 Å². The van der Waals surface area contributed by atoms with Crippen LogP contribution in [0, 0.1) is 0 Å². The Morgan fingerprint density at radius 1 is 1.26 bits per heavy atom. The third-order valence-electron chi connectivity index (χ3n) is 4.22. The maximum atomic E-state index is 6.17. The van der Waals surface area contributed by atoms with Gasteiger partial charge in [-0.25, -0.2) is 0 Å². The van der Waals surface area contributed by atoms with Gasteiger partial charge in [0.15, 0.2) is 0 Å². The number of rotatable bonds is 6. The van der Waals surface area contributed by atoms with Crippen molar-refractivity contribution in [1.82, 2.24) is 5.32 Å². The molecular formula is C16H24BrNO. The summed E-state index contributed by atoms with van der Waals surface area (Å²) < 4.78 is 7.30. The van der Waals surface area contributed by atoms with Crippen LogP contribution in [0.1, 0.15) is 38.2 Å². The summed E-state index contributed by atoms with van der Waals surface area (Å²) in [6.45, 7) is 2.91. The first-order valence-corrected chi connectivity index (χ1v) is 8.05. The number of halogens is 1. The van der Waals surface area contributed by atoms with Gasteiger partial charge in [0, 0.05) is 17.1 Å². The Morgan fingerprint density at radius 2 is 1.89 bits per heavy atom. The Hall–Kier alpha value is -0.380.